The molecule has 1 aliphatic rings. The first-order chi connectivity index (χ1) is 8.28. The van der Waals surface area contributed by atoms with E-state index in [0.717, 1.165) is 30.8 Å². The summed E-state index contributed by atoms with van der Waals surface area (Å²) >= 11 is 0. The zero-order valence-corrected chi connectivity index (χ0v) is 9.78. The molecule has 1 atom stereocenters. The predicted octanol–water partition coefficient (Wildman–Crippen LogP) is 1.12. The molecule has 1 saturated heterocycles. The van der Waals surface area contributed by atoms with Gasteiger partial charge in [-0.05, 0) is 43.1 Å². The Labute approximate surface area is 101 Å². The number of rotatable bonds is 4. The van der Waals surface area contributed by atoms with Crippen LogP contribution in [0, 0.1) is 5.92 Å². The van der Waals surface area contributed by atoms with E-state index in [-0.39, 0.29) is 12.5 Å². The van der Waals surface area contributed by atoms with Gasteiger partial charge in [-0.1, -0.05) is 12.1 Å². The number of hydrogen-bond donors (Lipinski definition) is 3. The van der Waals surface area contributed by atoms with Gasteiger partial charge >= 0.3 is 0 Å². The van der Waals surface area contributed by atoms with E-state index in [1.54, 1.807) is 6.07 Å². The lowest BCUT2D eigenvalue weighted by atomic mass is 10.0. The lowest BCUT2D eigenvalue weighted by Crippen LogP contribution is -2.18. The van der Waals surface area contributed by atoms with Crippen molar-refractivity contribution in [3.63, 3.8) is 0 Å². The molecule has 1 aromatic rings. The van der Waals surface area contributed by atoms with Gasteiger partial charge in [0.2, 0.25) is 5.91 Å². The van der Waals surface area contributed by atoms with Crippen molar-refractivity contribution in [2.75, 3.05) is 18.4 Å². The standard InChI is InChI=1S/C13H18N2O2/c16-9-11-2-1-3-12(6-11)15-13(17)7-10-4-5-14-8-10/h1-3,6,10,14,16H,4-5,7-9H2,(H,15,17). The molecule has 1 unspecified atom stereocenters. The zero-order valence-electron chi connectivity index (χ0n) is 9.78. The Bertz CT molecular complexity index is 387. The molecule has 0 aliphatic carbocycles. The van der Waals surface area contributed by atoms with Gasteiger partial charge < -0.3 is 15.7 Å². The largest absolute Gasteiger partial charge is 0.392 e. The maximum absolute atomic E-state index is 11.8. The van der Waals surface area contributed by atoms with E-state index in [9.17, 15) is 4.79 Å². The molecule has 1 aromatic carbocycles. The summed E-state index contributed by atoms with van der Waals surface area (Å²) < 4.78 is 0. The summed E-state index contributed by atoms with van der Waals surface area (Å²) in [6, 6.07) is 7.30. The Kier molecular flexibility index (Phi) is 4.12. The molecule has 4 nitrogen and oxygen atoms in total. The van der Waals surface area contributed by atoms with Crippen LogP contribution < -0.4 is 10.6 Å². The lowest BCUT2D eigenvalue weighted by molar-refractivity contribution is -0.116. The lowest BCUT2D eigenvalue weighted by Gasteiger charge is -2.09. The maximum atomic E-state index is 11.8. The quantitative estimate of drug-likeness (QED) is 0.731. The molecule has 92 valence electrons. The van der Waals surface area contributed by atoms with Crippen LogP contribution >= 0.6 is 0 Å². The highest BCUT2D eigenvalue weighted by Crippen LogP contribution is 2.15. The van der Waals surface area contributed by atoms with E-state index in [2.05, 4.69) is 10.6 Å². The molecule has 4 heteroatoms. The van der Waals surface area contributed by atoms with Crippen LogP contribution in [-0.4, -0.2) is 24.1 Å². The number of nitrogens with one attached hydrogen (secondary N) is 2. The normalized spacial score (nSPS) is 19.2. The van der Waals surface area contributed by atoms with Crippen molar-refractivity contribution in [2.24, 2.45) is 5.92 Å². The fourth-order valence-electron chi connectivity index (χ4n) is 2.11. The van der Waals surface area contributed by atoms with Crippen LogP contribution in [0.5, 0.6) is 0 Å². The third kappa shape index (κ3) is 3.54. The third-order valence-electron chi connectivity index (χ3n) is 3.03. The minimum absolute atomic E-state index is 0.00371. The number of hydrogen-bond acceptors (Lipinski definition) is 3. The van der Waals surface area contributed by atoms with Gasteiger partial charge in [-0.15, -0.1) is 0 Å². The van der Waals surface area contributed by atoms with E-state index in [1.807, 2.05) is 18.2 Å². The van der Waals surface area contributed by atoms with Crippen molar-refractivity contribution in [1.82, 2.24) is 5.32 Å². The highest BCUT2D eigenvalue weighted by Gasteiger charge is 2.17. The van der Waals surface area contributed by atoms with Crippen molar-refractivity contribution in [3.05, 3.63) is 29.8 Å². The Hall–Kier alpha value is -1.39. The van der Waals surface area contributed by atoms with Gasteiger partial charge in [0.15, 0.2) is 0 Å². The average Bonchev–Trinajstić information content (AvgIpc) is 2.82. The molecule has 0 bridgehead atoms. The van der Waals surface area contributed by atoms with Crippen molar-refractivity contribution >= 4 is 11.6 Å². The number of carbonyl (C=O) groups excluding carboxylic acids is 1. The van der Waals surface area contributed by atoms with Crippen LogP contribution in [0.25, 0.3) is 0 Å². The molecule has 0 aromatic heterocycles. The molecule has 0 spiro atoms. The molecule has 0 saturated carbocycles. The van der Waals surface area contributed by atoms with E-state index >= 15 is 0 Å². The number of amides is 1. The predicted molar refractivity (Wildman–Crippen MR) is 66.6 cm³/mol. The van der Waals surface area contributed by atoms with E-state index in [0.29, 0.717) is 12.3 Å². The SMILES string of the molecule is O=C(CC1CCNC1)Nc1cccc(CO)c1. The Morgan fingerprint density at radius 3 is 3.12 bits per heavy atom. The van der Waals surface area contributed by atoms with Gasteiger partial charge in [0, 0.05) is 12.1 Å². The summed E-state index contributed by atoms with van der Waals surface area (Å²) in [6.07, 6.45) is 1.64. The topological polar surface area (TPSA) is 61.4 Å². The van der Waals surface area contributed by atoms with Crippen LogP contribution in [0.3, 0.4) is 0 Å². The van der Waals surface area contributed by atoms with Crippen LogP contribution in [0.15, 0.2) is 24.3 Å². The zero-order chi connectivity index (χ0) is 12.1. The highest BCUT2D eigenvalue weighted by atomic mass is 16.3. The Balaban J connectivity index is 1.88. The summed E-state index contributed by atoms with van der Waals surface area (Å²) in [6.45, 7) is 1.94. The molecule has 1 fully saturated rings. The van der Waals surface area contributed by atoms with E-state index in [1.165, 1.54) is 0 Å². The molecular formula is C13H18N2O2. The Morgan fingerprint density at radius 2 is 2.41 bits per heavy atom. The minimum Gasteiger partial charge on any atom is -0.392 e. The Morgan fingerprint density at radius 1 is 1.53 bits per heavy atom. The van der Waals surface area contributed by atoms with Gasteiger partial charge in [-0.2, -0.15) is 0 Å². The molecule has 0 radical (unpaired) electrons. The number of benzene rings is 1. The minimum atomic E-state index is -0.00371. The van der Waals surface area contributed by atoms with Gasteiger partial charge in [0.25, 0.3) is 0 Å². The number of anilines is 1. The fourth-order valence-corrected chi connectivity index (χ4v) is 2.11. The smallest absolute Gasteiger partial charge is 0.224 e. The van der Waals surface area contributed by atoms with Gasteiger partial charge in [-0.3, -0.25) is 4.79 Å². The summed E-state index contributed by atoms with van der Waals surface area (Å²) in [5, 5.41) is 15.1. The summed E-state index contributed by atoms with van der Waals surface area (Å²) in [7, 11) is 0. The first-order valence-corrected chi connectivity index (χ1v) is 5.98. The highest BCUT2D eigenvalue weighted by molar-refractivity contribution is 5.90. The average molecular weight is 234 g/mol. The number of carbonyl (C=O) groups is 1. The van der Waals surface area contributed by atoms with Crippen LogP contribution in [0.4, 0.5) is 5.69 Å². The molecule has 1 heterocycles. The molecule has 1 aliphatic heterocycles. The van der Waals surface area contributed by atoms with Gasteiger partial charge in [0.05, 0.1) is 6.61 Å². The monoisotopic (exact) mass is 234 g/mol. The summed E-state index contributed by atoms with van der Waals surface area (Å²) in [4.78, 5) is 11.8. The second kappa shape index (κ2) is 5.80. The molecule has 17 heavy (non-hydrogen) atoms. The second-order valence-electron chi connectivity index (χ2n) is 4.47. The molecule has 2 rings (SSSR count). The van der Waals surface area contributed by atoms with Crippen LogP contribution in [0.2, 0.25) is 0 Å². The van der Waals surface area contributed by atoms with Crippen LogP contribution in [0.1, 0.15) is 18.4 Å². The van der Waals surface area contributed by atoms with E-state index < -0.39 is 0 Å². The molecular weight excluding hydrogens is 216 g/mol. The maximum Gasteiger partial charge on any atom is 0.224 e. The van der Waals surface area contributed by atoms with Crippen molar-refractivity contribution in [1.29, 1.82) is 0 Å². The van der Waals surface area contributed by atoms with Gasteiger partial charge in [0.1, 0.15) is 0 Å². The first kappa shape index (κ1) is 12.1. The summed E-state index contributed by atoms with van der Waals surface area (Å²) in [5.74, 6) is 0.504. The summed E-state index contributed by atoms with van der Waals surface area (Å²) in [5.41, 5.74) is 1.57. The third-order valence-corrected chi connectivity index (χ3v) is 3.03. The number of aliphatic hydroxyl groups excluding tert-OH is 1. The van der Waals surface area contributed by atoms with Gasteiger partial charge in [-0.25, -0.2) is 0 Å². The van der Waals surface area contributed by atoms with Crippen LogP contribution in [-0.2, 0) is 11.4 Å². The van der Waals surface area contributed by atoms with E-state index in [4.69, 9.17) is 5.11 Å². The second-order valence-corrected chi connectivity index (χ2v) is 4.47. The fraction of sp³-hybridized carbons (Fsp3) is 0.462. The molecule has 1 amide bonds. The van der Waals surface area contributed by atoms with Crippen molar-refractivity contribution in [3.8, 4) is 0 Å². The number of aliphatic hydroxyl groups is 1. The van der Waals surface area contributed by atoms with Crippen molar-refractivity contribution in [2.45, 2.75) is 19.4 Å². The molecule has 3 N–H and O–H groups in total. The van der Waals surface area contributed by atoms with Crippen molar-refractivity contribution < 1.29 is 9.90 Å². The first-order valence-electron chi connectivity index (χ1n) is 5.98.